The molecule has 31 heavy (non-hydrogen) atoms. The van der Waals surface area contributed by atoms with Gasteiger partial charge in [-0.05, 0) is 48.0 Å². The van der Waals surface area contributed by atoms with Crippen molar-refractivity contribution in [1.29, 1.82) is 5.26 Å². The Hall–Kier alpha value is -4.18. The average molecular weight is 417 g/mol. The predicted octanol–water partition coefficient (Wildman–Crippen LogP) is 5.48. The Bertz CT molecular complexity index is 1260. The molecule has 154 valence electrons. The van der Waals surface area contributed by atoms with E-state index in [1.54, 1.807) is 37.6 Å². The van der Waals surface area contributed by atoms with E-state index >= 15 is 0 Å². The first kappa shape index (κ1) is 20.1. The zero-order valence-corrected chi connectivity index (χ0v) is 16.5. The van der Waals surface area contributed by atoms with Gasteiger partial charge in [0.25, 0.3) is 0 Å². The topological polar surface area (TPSA) is 70.9 Å². The van der Waals surface area contributed by atoms with Crippen molar-refractivity contribution >= 4 is 0 Å². The number of rotatable bonds is 6. The van der Waals surface area contributed by atoms with Crippen LogP contribution in [0.25, 0.3) is 22.6 Å². The van der Waals surface area contributed by atoms with Crippen LogP contribution in [-0.4, -0.2) is 17.1 Å². The highest BCUT2D eigenvalue weighted by molar-refractivity contribution is 5.70. The molecule has 5 nitrogen and oxygen atoms in total. The van der Waals surface area contributed by atoms with Crippen molar-refractivity contribution < 1.29 is 18.3 Å². The van der Waals surface area contributed by atoms with Crippen LogP contribution in [0.4, 0.5) is 8.78 Å². The Kier molecular flexibility index (Phi) is 5.63. The van der Waals surface area contributed by atoms with Crippen molar-refractivity contribution in [3.05, 3.63) is 89.6 Å². The Labute approximate surface area is 177 Å². The molecule has 1 heterocycles. The molecule has 7 heteroatoms. The van der Waals surface area contributed by atoms with Crippen LogP contribution in [0, 0.1) is 23.0 Å². The van der Waals surface area contributed by atoms with Crippen molar-refractivity contribution in [1.82, 2.24) is 9.97 Å². The number of imidazole rings is 1. The SMILES string of the molecule is COc1cc(OCc2ccc(C#N)cc2)ccc1-c1c[nH]c(-c2ccc(F)c(F)c2)n1. The lowest BCUT2D eigenvalue weighted by molar-refractivity contribution is 0.304. The third kappa shape index (κ3) is 4.38. The van der Waals surface area contributed by atoms with Gasteiger partial charge in [-0.3, -0.25) is 0 Å². The van der Waals surface area contributed by atoms with Gasteiger partial charge < -0.3 is 14.5 Å². The number of benzene rings is 3. The second-order valence-electron chi connectivity index (χ2n) is 6.72. The molecule has 0 fully saturated rings. The van der Waals surface area contributed by atoms with Crippen molar-refractivity contribution in [3.8, 4) is 40.2 Å². The fourth-order valence-corrected chi connectivity index (χ4v) is 3.07. The molecule has 0 unspecified atom stereocenters. The van der Waals surface area contributed by atoms with Crippen LogP contribution in [0.1, 0.15) is 11.1 Å². The van der Waals surface area contributed by atoms with Crippen LogP contribution in [0.5, 0.6) is 11.5 Å². The van der Waals surface area contributed by atoms with E-state index < -0.39 is 11.6 Å². The third-order valence-electron chi connectivity index (χ3n) is 4.71. The van der Waals surface area contributed by atoms with Crippen LogP contribution in [0.15, 0.2) is 66.9 Å². The van der Waals surface area contributed by atoms with Crippen molar-refractivity contribution in [3.63, 3.8) is 0 Å². The first-order valence-electron chi connectivity index (χ1n) is 9.38. The minimum atomic E-state index is -0.934. The second-order valence-corrected chi connectivity index (χ2v) is 6.72. The average Bonchev–Trinajstić information content (AvgIpc) is 3.29. The normalized spacial score (nSPS) is 10.5. The van der Waals surface area contributed by atoms with Crippen molar-refractivity contribution in [2.75, 3.05) is 7.11 Å². The summed E-state index contributed by atoms with van der Waals surface area (Å²) in [7, 11) is 1.55. The lowest BCUT2D eigenvalue weighted by atomic mass is 10.1. The summed E-state index contributed by atoms with van der Waals surface area (Å²) in [6.45, 7) is 0.344. The molecule has 0 aliphatic heterocycles. The van der Waals surface area contributed by atoms with Gasteiger partial charge in [0.2, 0.25) is 0 Å². The van der Waals surface area contributed by atoms with Gasteiger partial charge in [0.1, 0.15) is 23.9 Å². The molecule has 0 atom stereocenters. The first-order chi connectivity index (χ1) is 15.1. The van der Waals surface area contributed by atoms with Crippen LogP contribution >= 0.6 is 0 Å². The fourth-order valence-electron chi connectivity index (χ4n) is 3.07. The molecule has 0 aliphatic carbocycles. The number of hydrogen-bond acceptors (Lipinski definition) is 4. The molecule has 0 amide bonds. The van der Waals surface area contributed by atoms with E-state index in [1.807, 2.05) is 18.2 Å². The van der Waals surface area contributed by atoms with E-state index in [2.05, 4.69) is 16.0 Å². The van der Waals surface area contributed by atoms with E-state index in [4.69, 9.17) is 14.7 Å². The number of methoxy groups -OCH3 is 1. The fraction of sp³-hybridized carbons (Fsp3) is 0.0833. The smallest absolute Gasteiger partial charge is 0.159 e. The van der Waals surface area contributed by atoms with Crippen molar-refractivity contribution in [2.45, 2.75) is 6.61 Å². The zero-order valence-electron chi connectivity index (χ0n) is 16.5. The number of nitrogens with one attached hydrogen (secondary N) is 1. The van der Waals surface area contributed by atoms with Crippen molar-refractivity contribution in [2.24, 2.45) is 0 Å². The number of aromatic amines is 1. The second kappa shape index (κ2) is 8.67. The lowest BCUT2D eigenvalue weighted by Crippen LogP contribution is -1.97. The molecule has 1 N–H and O–H groups in total. The number of hydrogen-bond donors (Lipinski definition) is 1. The molecule has 0 bridgehead atoms. The summed E-state index contributed by atoms with van der Waals surface area (Å²) in [4.78, 5) is 7.46. The van der Waals surface area contributed by atoms with Gasteiger partial charge in [-0.1, -0.05) is 12.1 Å². The number of ether oxygens (including phenoxy) is 2. The lowest BCUT2D eigenvalue weighted by Gasteiger charge is -2.11. The molecule has 0 saturated heterocycles. The molecular weight excluding hydrogens is 400 g/mol. The van der Waals surface area contributed by atoms with Crippen LogP contribution in [0.2, 0.25) is 0 Å². The van der Waals surface area contributed by atoms with E-state index in [0.29, 0.717) is 40.8 Å². The van der Waals surface area contributed by atoms with Gasteiger partial charge in [0.15, 0.2) is 11.6 Å². The van der Waals surface area contributed by atoms with Gasteiger partial charge in [-0.2, -0.15) is 5.26 Å². The summed E-state index contributed by atoms with van der Waals surface area (Å²) in [5, 5.41) is 8.87. The summed E-state index contributed by atoms with van der Waals surface area (Å²) in [6.07, 6.45) is 1.67. The van der Waals surface area contributed by atoms with Crippen LogP contribution in [-0.2, 0) is 6.61 Å². The Morgan fingerprint density at radius 3 is 2.52 bits per heavy atom. The Morgan fingerprint density at radius 2 is 1.81 bits per heavy atom. The first-order valence-corrected chi connectivity index (χ1v) is 9.38. The standard InChI is InChI=1S/C24H17F2N3O2/c1-30-23-11-18(31-14-16-4-2-15(12-27)3-5-16)7-8-19(23)22-13-28-24(29-22)17-6-9-20(25)21(26)10-17/h2-11,13H,14H2,1H3,(H,28,29). The number of halogens is 2. The minimum absolute atomic E-state index is 0.344. The third-order valence-corrected chi connectivity index (χ3v) is 4.71. The summed E-state index contributed by atoms with van der Waals surface area (Å²) >= 11 is 0. The summed E-state index contributed by atoms with van der Waals surface area (Å²) in [5.41, 5.74) is 3.28. The Balaban J connectivity index is 1.53. The predicted molar refractivity (Wildman–Crippen MR) is 111 cm³/mol. The number of H-pyrrole nitrogens is 1. The molecular formula is C24H17F2N3O2. The largest absolute Gasteiger partial charge is 0.496 e. The molecule has 4 rings (SSSR count). The molecule has 0 saturated carbocycles. The quantitative estimate of drug-likeness (QED) is 0.451. The van der Waals surface area contributed by atoms with Crippen LogP contribution < -0.4 is 9.47 Å². The van der Waals surface area contributed by atoms with Gasteiger partial charge in [0, 0.05) is 23.4 Å². The molecule has 0 spiro atoms. The van der Waals surface area contributed by atoms with Crippen LogP contribution in [0.3, 0.4) is 0 Å². The minimum Gasteiger partial charge on any atom is -0.496 e. The highest BCUT2D eigenvalue weighted by atomic mass is 19.2. The van der Waals surface area contributed by atoms with E-state index in [0.717, 1.165) is 23.3 Å². The number of nitrogens with zero attached hydrogens (tertiary/aromatic N) is 2. The summed E-state index contributed by atoms with van der Waals surface area (Å²) in [6, 6.07) is 18.2. The molecule has 0 aliphatic rings. The van der Waals surface area contributed by atoms with Gasteiger partial charge in [0.05, 0.1) is 24.4 Å². The van der Waals surface area contributed by atoms with Gasteiger partial charge in [-0.15, -0.1) is 0 Å². The summed E-state index contributed by atoms with van der Waals surface area (Å²) < 4.78 is 38.0. The molecule has 3 aromatic carbocycles. The Morgan fingerprint density at radius 1 is 1.00 bits per heavy atom. The molecule has 1 aromatic heterocycles. The number of nitriles is 1. The van der Waals surface area contributed by atoms with E-state index in [9.17, 15) is 8.78 Å². The maximum absolute atomic E-state index is 13.5. The number of aromatic nitrogens is 2. The van der Waals surface area contributed by atoms with E-state index in [1.165, 1.54) is 6.07 Å². The van der Waals surface area contributed by atoms with Gasteiger partial charge >= 0.3 is 0 Å². The maximum atomic E-state index is 13.5. The monoisotopic (exact) mass is 417 g/mol. The highest BCUT2D eigenvalue weighted by Crippen LogP contribution is 2.33. The highest BCUT2D eigenvalue weighted by Gasteiger charge is 2.13. The zero-order chi connectivity index (χ0) is 21.8. The molecule has 4 aromatic rings. The molecule has 0 radical (unpaired) electrons. The summed E-state index contributed by atoms with van der Waals surface area (Å²) in [5.74, 6) is -0.260. The van der Waals surface area contributed by atoms with E-state index in [-0.39, 0.29) is 0 Å². The maximum Gasteiger partial charge on any atom is 0.159 e. The van der Waals surface area contributed by atoms with Gasteiger partial charge in [-0.25, -0.2) is 13.8 Å².